The fraction of sp³-hybridized carbons (Fsp3) is 0.407. The first-order chi connectivity index (χ1) is 18.0. The molecule has 5 heterocycles. The molecule has 38 heavy (non-hydrogen) atoms. The Kier molecular flexibility index (Phi) is 5.36. The number of carbonyl (C=O) groups is 4. The van der Waals surface area contributed by atoms with Crippen LogP contribution in [0.5, 0.6) is 0 Å². The number of piperidine rings is 1. The molecule has 0 aromatic carbocycles. The summed E-state index contributed by atoms with van der Waals surface area (Å²) in [4.78, 5) is 62.4. The minimum absolute atomic E-state index is 0.103. The van der Waals surface area contributed by atoms with Crippen LogP contribution in [0.25, 0.3) is 21.5 Å². The Balaban J connectivity index is 1.31. The number of likely N-dealkylation sites (tertiary alicyclic amines) is 2. The molecule has 0 bridgehead atoms. The van der Waals surface area contributed by atoms with Crippen molar-refractivity contribution in [1.82, 2.24) is 19.8 Å². The molecule has 2 N–H and O–H groups in total. The van der Waals surface area contributed by atoms with Gasteiger partial charge in [-0.25, -0.2) is 4.79 Å². The highest BCUT2D eigenvalue weighted by atomic mass is 32.1. The smallest absolute Gasteiger partial charge is 0.407 e. The van der Waals surface area contributed by atoms with Gasteiger partial charge in [-0.05, 0) is 43.0 Å². The quantitative estimate of drug-likeness (QED) is 0.478. The second-order valence-corrected chi connectivity index (χ2v) is 12.1. The van der Waals surface area contributed by atoms with Crippen LogP contribution in [0.3, 0.4) is 0 Å². The Bertz CT molecular complexity index is 1530. The first-order valence-electron chi connectivity index (χ1n) is 12.5. The number of pyridine rings is 2. The monoisotopic (exact) mass is 533 g/mol. The van der Waals surface area contributed by atoms with E-state index >= 15 is 0 Å². The Morgan fingerprint density at radius 3 is 2.50 bits per heavy atom. The van der Waals surface area contributed by atoms with Crippen molar-refractivity contribution in [2.24, 2.45) is 23.2 Å². The number of hydrogen-bond acceptors (Lipinski definition) is 7. The summed E-state index contributed by atoms with van der Waals surface area (Å²) in [6.45, 7) is 8.25. The zero-order valence-corrected chi connectivity index (χ0v) is 22.3. The lowest BCUT2D eigenvalue weighted by Crippen LogP contribution is -2.54. The number of aryl methyl sites for hydroxylation is 2. The number of nitrogens with zero attached hydrogens (tertiary/aromatic N) is 4. The highest BCUT2D eigenvalue weighted by molar-refractivity contribution is 7.19. The van der Waals surface area contributed by atoms with Gasteiger partial charge in [0.25, 0.3) is 0 Å². The van der Waals surface area contributed by atoms with Crippen molar-refractivity contribution in [2.75, 3.05) is 18.4 Å². The molecular formula is C27H27N5O5S. The molecule has 2 saturated heterocycles. The molecule has 10 nitrogen and oxygen atoms in total. The zero-order chi connectivity index (χ0) is 27.1. The number of thiophene rings is 1. The highest BCUT2D eigenvalue weighted by Crippen LogP contribution is 2.63. The number of carbonyl (C=O) groups excluding carboxylic acids is 3. The SMILES string of the molecule is Cc1cc(C)c(NC(=O)C2CN(C(=O)O)C2)c(-c2ccnc3cc(CN4C(=O)C5C(C4=O)C5(C)C)sc23)n1. The summed E-state index contributed by atoms with van der Waals surface area (Å²) in [5.74, 6) is -1.31. The molecule has 196 valence electrons. The average Bonchev–Trinajstić information content (AvgIpc) is 3.06. The normalized spacial score (nSPS) is 22.0. The molecule has 2 unspecified atom stereocenters. The standard InChI is InChI=1S/C27H27N5O5S/c1-12-7-13(2)29-21(20(12)30-23(33)14-9-31(10-14)26(36)37)16-5-6-28-17-8-15(38-22(16)17)11-32-24(34)18-19(25(32)35)27(18,3)4/h5-8,14,18-19H,9-11H2,1-4H3,(H,30,33)(H,36,37). The van der Waals surface area contributed by atoms with Gasteiger partial charge in [-0.3, -0.25) is 29.3 Å². The second kappa shape index (κ2) is 8.32. The van der Waals surface area contributed by atoms with Crippen LogP contribution in [0.15, 0.2) is 24.4 Å². The molecule has 3 aromatic rings. The fourth-order valence-corrected chi connectivity index (χ4v) is 6.90. The molecule has 2 aliphatic heterocycles. The third-order valence-corrected chi connectivity index (χ3v) is 9.18. The van der Waals surface area contributed by atoms with Crippen molar-refractivity contribution >= 4 is 51.1 Å². The topological polar surface area (TPSA) is 133 Å². The van der Waals surface area contributed by atoms with Crippen LogP contribution in [0, 0.1) is 37.0 Å². The van der Waals surface area contributed by atoms with Crippen molar-refractivity contribution in [3.8, 4) is 11.3 Å². The van der Waals surface area contributed by atoms with Gasteiger partial charge in [0.15, 0.2) is 0 Å². The molecule has 2 atom stereocenters. The lowest BCUT2D eigenvalue weighted by atomic mass is 9.99. The third-order valence-electron chi connectivity index (χ3n) is 8.04. The van der Waals surface area contributed by atoms with Gasteiger partial charge in [0.2, 0.25) is 17.7 Å². The van der Waals surface area contributed by atoms with Crippen LogP contribution >= 0.6 is 11.3 Å². The Hall–Kier alpha value is -3.86. The lowest BCUT2D eigenvalue weighted by Gasteiger charge is -2.36. The van der Waals surface area contributed by atoms with E-state index in [2.05, 4.69) is 10.3 Å². The van der Waals surface area contributed by atoms with E-state index in [4.69, 9.17) is 10.1 Å². The molecule has 1 aliphatic carbocycles. The van der Waals surface area contributed by atoms with E-state index in [-0.39, 0.29) is 54.6 Å². The van der Waals surface area contributed by atoms with E-state index in [1.54, 1.807) is 6.20 Å². The molecular weight excluding hydrogens is 506 g/mol. The van der Waals surface area contributed by atoms with Gasteiger partial charge in [0.1, 0.15) is 0 Å². The maximum Gasteiger partial charge on any atom is 0.407 e. The molecule has 3 aliphatic rings. The van der Waals surface area contributed by atoms with E-state index in [0.29, 0.717) is 11.4 Å². The summed E-state index contributed by atoms with van der Waals surface area (Å²) >= 11 is 1.46. The molecule has 1 saturated carbocycles. The maximum absolute atomic E-state index is 12.9. The van der Waals surface area contributed by atoms with Gasteiger partial charge in [-0.15, -0.1) is 11.3 Å². The average molecular weight is 534 g/mol. The van der Waals surface area contributed by atoms with Crippen LogP contribution in [-0.4, -0.2) is 61.8 Å². The molecule has 0 radical (unpaired) electrons. The predicted octanol–water partition coefficient (Wildman–Crippen LogP) is 3.66. The summed E-state index contributed by atoms with van der Waals surface area (Å²) in [6.07, 6.45) is 0.647. The van der Waals surface area contributed by atoms with Crippen LogP contribution in [-0.2, 0) is 20.9 Å². The number of nitrogens with one attached hydrogen (secondary N) is 1. The van der Waals surface area contributed by atoms with Gasteiger partial charge in [-0.2, -0.15) is 0 Å². The molecule has 4 amide bonds. The summed E-state index contributed by atoms with van der Waals surface area (Å²) in [5.41, 5.74) is 4.06. The van der Waals surface area contributed by atoms with E-state index in [1.165, 1.54) is 21.1 Å². The minimum atomic E-state index is -1.03. The van der Waals surface area contributed by atoms with Gasteiger partial charge in [-0.1, -0.05) is 13.8 Å². The van der Waals surface area contributed by atoms with Crippen LogP contribution in [0.4, 0.5) is 10.5 Å². The van der Waals surface area contributed by atoms with Crippen molar-refractivity contribution in [3.63, 3.8) is 0 Å². The van der Waals surface area contributed by atoms with Crippen molar-refractivity contribution < 1.29 is 24.3 Å². The number of hydrogen-bond donors (Lipinski definition) is 2. The number of anilines is 1. The van der Waals surface area contributed by atoms with E-state index < -0.39 is 12.0 Å². The summed E-state index contributed by atoms with van der Waals surface area (Å²) in [5, 5.41) is 12.1. The first kappa shape index (κ1) is 24.5. The van der Waals surface area contributed by atoms with Crippen LogP contribution in [0.1, 0.15) is 30.0 Å². The fourth-order valence-electron chi connectivity index (χ4n) is 5.78. The van der Waals surface area contributed by atoms with Gasteiger partial charge >= 0.3 is 6.09 Å². The molecule has 11 heteroatoms. The van der Waals surface area contributed by atoms with Crippen molar-refractivity contribution in [2.45, 2.75) is 34.2 Å². The lowest BCUT2D eigenvalue weighted by molar-refractivity contribution is -0.143. The maximum atomic E-state index is 12.9. The van der Waals surface area contributed by atoms with Crippen LogP contribution in [0.2, 0.25) is 0 Å². The first-order valence-corrected chi connectivity index (χ1v) is 13.3. The van der Waals surface area contributed by atoms with Gasteiger partial charge in [0, 0.05) is 35.4 Å². The molecule has 0 spiro atoms. The Labute approximate surface area is 222 Å². The van der Waals surface area contributed by atoms with Gasteiger partial charge in [0.05, 0.1) is 45.9 Å². The van der Waals surface area contributed by atoms with Crippen LogP contribution < -0.4 is 5.32 Å². The zero-order valence-electron chi connectivity index (χ0n) is 21.4. The summed E-state index contributed by atoms with van der Waals surface area (Å²) in [6, 6.07) is 5.63. The number of carboxylic acid groups (broad SMARTS) is 1. The van der Waals surface area contributed by atoms with E-state index in [0.717, 1.165) is 31.9 Å². The minimum Gasteiger partial charge on any atom is -0.465 e. The summed E-state index contributed by atoms with van der Waals surface area (Å²) in [7, 11) is 0. The Morgan fingerprint density at radius 1 is 1.16 bits per heavy atom. The van der Waals surface area contributed by atoms with Crippen molar-refractivity contribution in [1.29, 1.82) is 0 Å². The Morgan fingerprint density at radius 2 is 1.84 bits per heavy atom. The molecule has 6 rings (SSSR count). The largest absolute Gasteiger partial charge is 0.465 e. The van der Waals surface area contributed by atoms with Gasteiger partial charge < -0.3 is 15.3 Å². The predicted molar refractivity (Wildman–Crippen MR) is 140 cm³/mol. The van der Waals surface area contributed by atoms with Crippen molar-refractivity contribution in [3.05, 3.63) is 40.5 Å². The second-order valence-electron chi connectivity index (χ2n) is 11.0. The van der Waals surface area contributed by atoms with E-state index in [1.807, 2.05) is 45.9 Å². The summed E-state index contributed by atoms with van der Waals surface area (Å²) < 4.78 is 0.848. The van der Waals surface area contributed by atoms with E-state index in [9.17, 15) is 19.2 Å². The number of rotatable bonds is 5. The number of aromatic nitrogens is 2. The number of amides is 4. The molecule has 3 fully saturated rings. The number of imide groups is 1. The number of fused-ring (bicyclic) bond motifs is 2. The third kappa shape index (κ3) is 3.67. The highest BCUT2D eigenvalue weighted by Gasteiger charge is 2.72. The molecule has 3 aromatic heterocycles.